The molecule has 1 rings (SSSR count). The van der Waals surface area contributed by atoms with E-state index in [0.717, 1.165) is 6.42 Å². The number of carbonyl (C=O) groups is 1. The third-order valence-electron chi connectivity index (χ3n) is 2.83. The van der Waals surface area contributed by atoms with Crippen LogP contribution in [0.15, 0.2) is 0 Å². The molecule has 0 spiro atoms. The maximum Gasteiger partial charge on any atom is 0.485 e. The molecule has 1 fully saturated rings. The van der Waals surface area contributed by atoms with Crippen LogP contribution in [0, 0.1) is 5.92 Å². The summed E-state index contributed by atoms with van der Waals surface area (Å²) in [6.45, 7) is 0. The molecule has 0 heterocycles. The monoisotopic (exact) mass is 308 g/mol. The van der Waals surface area contributed by atoms with Gasteiger partial charge < -0.3 is 4.74 Å². The first kappa shape index (κ1) is 16.2. The van der Waals surface area contributed by atoms with Gasteiger partial charge in [-0.1, -0.05) is 19.3 Å². The van der Waals surface area contributed by atoms with Gasteiger partial charge >= 0.3 is 27.5 Å². The van der Waals surface area contributed by atoms with Crippen molar-refractivity contribution in [2.45, 2.75) is 43.5 Å². The number of esters is 1. The average Bonchev–Trinajstić information content (AvgIpc) is 2.28. The van der Waals surface area contributed by atoms with Crippen molar-refractivity contribution in [2.75, 3.05) is 0 Å². The van der Waals surface area contributed by atoms with Crippen LogP contribution in [0.1, 0.15) is 32.1 Å². The van der Waals surface area contributed by atoms with Gasteiger partial charge in [0.1, 0.15) is 0 Å². The van der Waals surface area contributed by atoms with Gasteiger partial charge in [-0.05, 0) is 12.8 Å². The Morgan fingerprint density at radius 2 is 1.58 bits per heavy atom. The van der Waals surface area contributed by atoms with Gasteiger partial charge in [0.25, 0.3) is 0 Å². The molecule has 1 N–H and O–H groups in total. The van der Waals surface area contributed by atoms with Crippen LogP contribution in [0.2, 0.25) is 0 Å². The summed E-state index contributed by atoms with van der Waals surface area (Å²) in [5.74, 6) is -2.55. The molecule has 19 heavy (non-hydrogen) atoms. The van der Waals surface area contributed by atoms with Gasteiger partial charge in [0, 0.05) is 0 Å². The Balaban J connectivity index is 2.81. The topological polar surface area (TPSA) is 80.7 Å². The molecule has 0 aromatic carbocycles. The predicted molar refractivity (Wildman–Crippen MR) is 54.1 cm³/mol. The van der Waals surface area contributed by atoms with Crippen LogP contribution >= 0.6 is 0 Å². The van der Waals surface area contributed by atoms with E-state index in [9.17, 15) is 30.8 Å². The smallest absolute Gasteiger partial charge is 0.395 e. The summed E-state index contributed by atoms with van der Waals surface area (Å²) in [7, 11) is -6.40. The second-order valence-corrected chi connectivity index (χ2v) is 5.73. The molecule has 1 saturated carbocycles. The highest BCUT2D eigenvalue weighted by Gasteiger charge is 2.69. The number of hydrogen-bond acceptors (Lipinski definition) is 4. The molecular weight excluding hydrogens is 296 g/mol. The highest BCUT2D eigenvalue weighted by Crippen LogP contribution is 2.40. The van der Waals surface area contributed by atoms with E-state index >= 15 is 0 Å². The summed E-state index contributed by atoms with van der Waals surface area (Å²) < 4.78 is 83.2. The maximum atomic E-state index is 13.0. The molecule has 0 aliphatic heterocycles. The zero-order valence-electron chi connectivity index (χ0n) is 9.61. The van der Waals surface area contributed by atoms with Crippen LogP contribution in [-0.4, -0.2) is 30.3 Å². The summed E-state index contributed by atoms with van der Waals surface area (Å²) in [5, 5.41) is -5.88. The van der Waals surface area contributed by atoms with E-state index in [4.69, 9.17) is 4.55 Å². The number of rotatable bonds is 4. The molecule has 5 nitrogen and oxygen atoms in total. The maximum absolute atomic E-state index is 13.0. The fourth-order valence-electron chi connectivity index (χ4n) is 1.76. The van der Waals surface area contributed by atoms with Gasteiger partial charge in [-0.25, -0.2) is 0 Å². The third-order valence-corrected chi connectivity index (χ3v) is 3.72. The summed E-state index contributed by atoms with van der Waals surface area (Å²) >= 11 is 0. The fourth-order valence-corrected chi connectivity index (χ4v) is 2.10. The van der Waals surface area contributed by atoms with Gasteiger partial charge in [0.2, 0.25) is 0 Å². The first-order valence-electron chi connectivity index (χ1n) is 5.44. The minimum absolute atomic E-state index is 0.215. The van der Waals surface area contributed by atoms with E-state index in [0.29, 0.717) is 12.8 Å². The Bertz CT molecular complexity index is 442. The second kappa shape index (κ2) is 5.23. The molecular formula is C9H12F4O5S. The lowest BCUT2D eigenvalue weighted by molar-refractivity contribution is -0.304. The summed E-state index contributed by atoms with van der Waals surface area (Å²) in [5.41, 5.74) is 0. The van der Waals surface area contributed by atoms with Crippen molar-refractivity contribution in [3.05, 3.63) is 0 Å². The van der Waals surface area contributed by atoms with Crippen molar-refractivity contribution in [1.82, 2.24) is 0 Å². The Kier molecular flexibility index (Phi) is 4.45. The number of halogens is 4. The van der Waals surface area contributed by atoms with Crippen LogP contribution in [0.25, 0.3) is 0 Å². The first-order valence-corrected chi connectivity index (χ1v) is 6.88. The Morgan fingerprint density at radius 1 is 1.11 bits per heavy atom. The molecule has 0 aromatic heterocycles. The van der Waals surface area contributed by atoms with Crippen molar-refractivity contribution in [2.24, 2.45) is 5.92 Å². The van der Waals surface area contributed by atoms with Crippen molar-refractivity contribution < 1.29 is 40.1 Å². The molecule has 0 unspecified atom stereocenters. The lowest BCUT2D eigenvalue weighted by atomic mass is 9.89. The molecule has 0 amide bonds. The van der Waals surface area contributed by atoms with E-state index in [-0.39, 0.29) is 12.8 Å². The van der Waals surface area contributed by atoms with E-state index in [1.807, 2.05) is 0 Å². The van der Waals surface area contributed by atoms with E-state index in [1.54, 1.807) is 0 Å². The average molecular weight is 308 g/mol. The quantitative estimate of drug-likeness (QED) is 0.489. The number of hydrogen-bond donors (Lipinski definition) is 1. The van der Waals surface area contributed by atoms with Crippen LogP contribution in [0.5, 0.6) is 0 Å². The highest BCUT2D eigenvalue weighted by molar-refractivity contribution is 7.86. The minimum atomic E-state index is -6.40. The van der Waals surface area contributed by atoms with Crippen LogP contribution in [-0.2, 0) is 19.6 Å². The zero-order valence-corrected chi connectivity index (χ0v) is 10.4. The van der Waals surface area contributed by atoms with Gasteiger partial charge in [-0.2, -0.15) is 26.0 Å². The van der Waals surface area contributed by atoms with E-state index in [1.165, 1.54) is 0 Å². The van der Waals surface area contributed by atoms with Gasteiger partial charge in [0.15, 0.2) is 0 Å². The zero-order chi connectivity index (χ0) is 14.9. The minimum Gasteiger partial charge on any atom is -0.395 e. The van der Waals surface area contributed by atoms with Crippen LogP contribution in [0.4, 0.5) is 17.6 Å². The van der Waals surface area contributed by atoms with Gasteiger partial charge in [-0.3, -0.25) is 9.35 Å². The molecule has 0 bridgehead atoms. The molecule has 10 heteroatoms. The normalized spacial score (nSPS) is 19.2. The molecule has 112 valence electrons. The van der Waals surface area contributed by atoms with Crippen molar-refractivity contribution >= 4 is 16.1 Å². The van der Waals surface area contributed by atoms with E-state index < -0.39 is 33.4 Å². The number of alkyl halides is 4. The van der Waals surface area contributed by atoms with Gasteiger partial charge in [0.05, 0.1) is 5.92 Å². The molecule has 0 atom stereocenters. The molecule has 0 saturated heterocycles. The van der Waals surface area contributed by atoms with Crippen molar-refractivity contribution in [1.29, 1.82) is 0 Å². The number of carbonyl (C=O) groups excluding carboxylic acids is 1. The molecule has 1 aliphatic carbocycles. The fraction of sp³-hybridized carbons (Fsp3) is 0.889. The largest absolute Gasteiger partial charge is 0.485 e. The summed E-state index contributed by atoms with van der Waals surface area (Å²) in [6, 6.07) is 0. The van der Waals surface area contributed by atoms with Crippen molar-refractivity contribution in [3.8, 4) is 0 Å². The van der Waals surface area contributed by atoms with Gasteiger partial charge in [-0.15, -0.1) is 0 Å². The summed E-state index contributed by atoms with van der Waals surface area (Å²) in [4.78, 5) is 11.3. The SMILES string of the molecule is O=C(OC(F)(F)C(F)(F)S(=O)(=O)O)C1CCCCC1. The first-order chi connectivity index (χ1) is 8.49. The van der Waals surface area contributed by atoms with E-state index in [2.05, 4.69) is 4.74 Å². The Morgan fingerprint density at radius 3 is 2.00 bits per heavy atom. The molecule has 1 aliphatic rings. The van der Waals surface area contributed by atoms with Crippen molar-refractivity contribution in [3.63, 3.8) is 0 Å². The second-order valence-electron chi connectivity index (χ2n) is 4.26. The third kappa shape index (κ3) is 3.35. The lowest BCUT2D eigenvalue weighted by Crippen LogP contribution is -2.50. The lowest BCUT2D eigenvalue weighted by Gasteiger charge is -2.26. The van der Waals surface area contributed by atoms with Crippen LogP contribution < -0.4 is 0 Å². The highest BCUT2D eigenvalue weighted by atomic mass is 32.2. The molecule has 0 radical (unpaired) electrons. The van der Waals surface area contributed by atoms with Crippen LogP contribution in [0.3, 0.4) is 0 Å². The summed E-state index contributed by atoms with van der Waals surface area (Å²) in [6.07, 6.45) is -3.25. The molecule has 0 aromatic rings. The Hall–Kier alpha value is -0.900. The standard InChI is InChI=1S/C9H12F4O5S/c10-8(11,9(12,13)19(15,16)17)18-7(14)6-4-2-1-3-5-6/h6H,1-5H2,(H,15,16,17). The number of ether oxygens (including phenoxy) is 1. The Labute approximate surface area is 106 Å². The predicted octanol–water partition coefficient (Wildman–Crippen LogP) is 2.18.